The van der Waals surface area contributed by atoms with Crippen molar-refractivity contribution in [2.24, 2.45) is 5.92 Å². The zero-order valence-corrected chi connectivity index (χ0v) is 7.76. The second kappa shape index (κ2) is 3.93. The molecule has 0 bridgehead atoms. The van der Waals surface area contributed by atoms with Gasteiger partial charge in [0.05, 0.1) is 0 Å². The molecule has 1 fully saturated rings. The van der Waals surface area contributed by atoms with Crippen molar-refractivity contribution in [2.75, 3.05) is 0 Å². The van der Waals surface area contributed by atoms with Crippen LogP contribution in [0.15, 0.2) is 23.8 Å². The predicted molar refractivity (Wildman–Crippen MR) is 53.0 cm³/mol. The van der Waals surface area contributed by atoms with Crippen molar-refractivity contribution in [3.05, 3.63) is 23.8 Å². The highest BCUT2D eigenvalue weighted by Crippen LogP contribution is 2.35. The summed E-state index contributed by atoms with van der Waals surface area (Å²) in [6.07, 6.45) is 16.8. The lowest BCUT2D eigenvalue weighted by Crippen LogP contribution is -1.81. The Morgan fingerprint density at radius 3 is 3.00 bits per heavy atom. The third-order valence-corrected chi connectivity index (χ3v) is 2.85. The summed E-state index contributed by atoms with van der Waals surface area (Å²) in [4.78, 5) is 0. The van der Waals surface area contributed by atoms with Gasteiger partial charge in [-0.3, -0.25) is 0 Å². The van der Waals surface area contributed by atoms with Gasteiger partial charge in [-0.05, 0) is 38.0 Å². The molecule has 0 spiro atoms. The number of hydrogen-bond acceptors (Lipinski definition) is 0. The SMILES string of the molecule is C1=CC(CCC2CC2)=CCCC1. The van der Waals surface area contributed by atoms with E-state index in [2.05, 4.69) is 18.2 Å². The predicted octanol–water partition coefficient (Wildman–Crippen LogP) is 3.84. The summed E-state index contributed by atoms with van der Waals surface area (Å²) >= 11 is 0. The van der Waals surface area contributed by atoms with Crippen LogP contribution >= 0.6 is 0 Å². The Hall–Kier alpha value is -0.520. The van der Waals surface area contributed by atoms with Crippen LogP contribution in [0.4, 0.5) is 0 Å². The molecular weight excluding hydrogens is 144 g/mol. The quantitative estimate of drug-likeness (QED) is 0.591. The summed E-state index contributed by atoms with van der Waals surface area (Å²) in [6.45, 7) is 0. The second-order valence-electron chi connectivity index (χ2n) is 4.09. The van der Waals surface area contributed by atoms with E-state index in [1.807, 2.05) is 0 Å². The molecule has 0 N–H and O–H groups in total. The standard InChI is InChI=1S/C12H18/c1-2-4-6-11(5-3-1)7-8-12-9-10-12/h3,5-6,12H,1-2,4,7-10H2. The smallest absolute Gasteiger partial charge is 0.0280 e. The van der Waals surface area contributed by atoms with Gasteiger partial charge in [-0.1, -0.05) is 36.6 Å². The van der Waals surface area contributed by atoms with Gasteiger partial charge in [-0.25, -0.2) is 0 Å². The van der Waals surface area contributed by atoms with E-state index in [0.29, 0.717) is 0 Å². The maximum Gasteiger partial charge on any atom is -0.0280 e. The maximum atomic E-state index is 2.44. The van der Waals surface area contributed by atoms with E-state index in [1.165, 1.54) is 44.9 Å². The van der Waals surface area contributed by atoms with Gasteiger partial charge in [-0.15, -0.1) is 0 Å². The summed E-state index contributed by atoms with van der Waals surface area (Å²) in [6, 6.07) is 0. The number of allylic oxidation sites excluding steroid dienone is 4. The van der Waals surface area contributed by atoms with E-state index in [4.69, 9.17) is 0 Å². The van der Waals surface area contributed by atoms with E-state index in [0.717, 1.165) is 5.92 Å². The first-order valence-corrected chi connectivity index (χ1v) is 5.31. The van der Waals surface area contributed by atoms with Crippen LogP contribution in [-0.4, -0.2) is 0 Å². The van der Waals surface area contributed by atoms with Gasteiger partial charge in [0.15, 0.2) is 0 Å². The fraction of sp³-hybridized carbons (Fsp3) is 0.667. The summed E-state index contributed by atoms with van der Waals surface area (Å²) in [5, 5.41) is 0. The van der Waals surface area contributed by atoms with Gasteiger partial charge >= 0.3 is 0 Å². The first kappa shape index (κ1) is 8.10. The number of hydrogen-bond donors (Lipinski definition) is 0. The Morgan fingerprint density at radius 2 is 2.17 bits per heavy atom. The summed E-state index contributed by atoms with van der Waals surface area (Å²) < 4.78 is 0. The van der Waals surface area contributed by atoms with Gasteiger partial charge in [0.1, 0.15) is 0 Å². The van der Waals surface area contributed by atoms with E-state index < -0.39 is 0 Å². The Kier molecular flexibility index (Phi) is 2.65. The molecule has 0 aromatic carbocycles. The molecule has 0 heterocycles. The molecule has 12 heavy (non-hydrogen) atoms. The first-order valence-electron chi connectivity index (χ1n) is 5.31. The molecule has 0 atom stereocenters. The minimum Gasteiger partial charge on any atom is -0.0843 e. The lowest BCUT2D eigenvalue weighted by atomic mass is 10.1. The minimum atomic E-state index is 1.09. The van der Waals surface area contributed by atoms with E-state index in [9.17, 15) is 0 Å². The molecule has 2 rings (SSSR count). The van der Waals surface area contributed by atoms with Crippen molar-refractivity contribution in [3.8, 4) is 0 Å². The minimum absolute atomic E-state index is 1.09. The molecule has 66 valence electrons. The molecule has 2 aliphatic carbocycles. The Bertz CT molecular complexity index is 194. The molecule has 1 saturated carbocycles. The number of rotatable bonds is 3. The van der Waals surface area contributed by atoms with Gasteiger partial charge in [-0.2, -0.15) is 0 Å². The summed E-state index contributed by atoms with van der Waals surface area (Å²) in [5.74, 6) is 1.09. The monoisotopic (exact) mass is 162 g/mol. The van der Waals surface area contributed by atoms with Crippen LogP contribution < -0.4 is 0 Å². The van der Waals surface area contributed by atoms with Gasteiger partial charge in [0.25, 0.3) is 0 Å². The van der Waals surface area contributed by atoms with Gasteiger partial charge < -0.3 is 0 Å². The summed E-state index contributed by atoms with van der Waals surface area (Å²) in [7, 11) is 0. The molecule has 2 aliphatic rings. The largest absolute Gasteiger partial charge is 0.0843 e. The fourth-order valence-corrected chi connectivity index (χ4v) is 1.79. The third kappa shape index (κ3) is 2.51. The van der Waals surface area contributed by atoms with Crippen molar-refractivity contribution in [2.45, 2.75) is 44.9 Å². The highest BCUT2D eigenvalue weighted by atomic mass is 14.3. The molecule has 0 unspecified atom stereocenters. The van der Waals surface area contributed by atoms with Crippen molar-refractivity contribution in [1.29, 1.82) is 0 Å². The maximum absolute atomic E-state index is 2.44. The third-order valence-electron chi connectivity index (χ3n) is 2.85. The second-order valence-corrected chi connectivity index (χ2v) is 4.09. The molecule has 0 nitrogen and oxygen atoms in total. The first-order chi connectivity index (χ1) is 5.95. The highest BCUT2D eigenvalue weighted by Gasteiger charge is 2.20. The lowest BCUT2D eigenvalue weighted by molar-refractivity contribution is 0.727. The zero-order valence-electron chi connectivity index (χ0n) is 7.76. The van der Waals surface area contributed by atoms with Gasteiger partial charge in [0, 0.05) is 0 Å². The molecule has 0 radical (unpaired) electrons. The Morgan fingerprint density at radius 1 is 1.25 bits per heavy atom. The van der Waals surface area contributed by atoms with Crippen LogP contribution in [0.1, 0.15) is 44.9 Å². The Balaban J connectivity index is 1.78. The van der Waals surface area contributed by atoms with Crippen molar-refractivity contribution < 1.29 is 0 Å². The molecular formula is C12H18. The van der Waals surface area contributed by atoms with Gasteiger partial charge in [0.2, 0.25) is 0 Å². The van der Waals surface area contributed by atoms with Crippen LogP contribution in [0.25, 0.3) is 0 Å². The van der Waals surface area contributed by atoms with Crippen molar-refractivity contribution in [1.82, 2.24) is 0 Å². The molecule has 0 amide bonds. The molecule has 0 saturated heterocycles. The van der Waals surface area contributed by atoms with Crippen LogP contribution in [0.3, 0.4) is 0 Å². The molecule has 0 aliphatic heterocycles. The Labute approximate surface area is 75.4 Å². The zero-order chi connectivity index (χ0) is 8.23. The van der Waals surface area contributed by atoms with E-state index >= 15 is 0 Å². The van der Waals surface area contributed by atoms with Crippen molar-refractivity contribution >= 4 is 0 Å². The molecule has 0 heteroatoms. The average molecular weight is 162 g/mol. The van der Waals surface area contributed by atoms with Crippen LogP contribution in [0, 0.1) is 5.92 Å². The lowest BCUT2D eigenvalue weighted by Gasteiger charge is -1.99. The van der Waals surface area contributed by atoms with E-state index in [-0.39, 0.29) is 0 Å². The van der Waals surface area contributed by atoms with Crippen molar-refractivity contribution in [3.63, 3.8) is 0 Å². The fourth-order valence-electron chi connectivity index (χ4n) is 1.79. The molecule has 0 aromatic heterocycles. The normalized spacial score (nSPS) is 23.5. The van der Waals surface area contributed by atoms with Crippen LogP contribution in [0.5, 0.6) is 0 Å². The van der Waals surface area contributed by atoms with Crippen LogP contribution in [0.2, 0.25) is 0 Å². The van der Waals surface area contributed by atoms with Crippen LogP contribution in [-0.2, 0) is 0 Å². The summed E-state index contributed by atoms with van der Waals surface area (Å²) in [5.41, 5.74) is 1.60. The highest BCUT2D eigenvalue weighted by molar-refractivity contribution is 5.20. The average Bonchev–Trinajstić information content (AvgIpc) is 2.90. The topological polar surface area (TPSA) is 0 Å². The molecule has 0 aromatic rings. The van der Waals surface area contributed by atoms with E-state index in [1.54, 1.807) is 5.57 Å².